The van der Waals surface area contributed by atoms with E-state index in [0.717, 1.165) is 23.4 Å². The summed E-state index contributed by atoms with van der Waals surface area (Å²) < 4.78 is 5.15. The minimum atomic E-state index is -0.375. The Labute approximate surface area is 136 Å². The molecule has 0 fully saturated rings. The van der Waals surface area contributed by atoms with E-state index in [1.807, 2.05) is 42.5 Å². The third kappa shape index (κ3) is 5.78. The zero-order valence-electron chi connectivity index (χ0n) is 12.4. The number of amides is 1. The van der Waals surface area contributed by atoms with Crippen LogP contribution in [0.15, 0.2) is 54.6 Å². The van der Waals surface area contributed by atoms with Crippen molar-refractivity contribution < 1.29 is 9.53 Å². The number of benzene rings is 2. The molecule has 22 heavy (non-hydrogen) atoms. The molecule has 2 rings (SSSR count). The summed E-state index contributed by atoms with van der Waals surface area (Å²) in [6.07, 6.45) is 2.05. The lowest BCUT2D eigenvalue weighted by Gasteiger charge is -2.08. The van der Waals surface area contributed by atoms with Gasteiger partial charge >= 0.3 is 6.09 Å². The molecule has 0 spiro atoms. The molecule has 0 aliphatic rings. The highest BCUT2D eigenvalue weighted by Crippen LogP contribution is 2.14. The number of rotatable bonds is 7. The summed E-state index contributed by atoms with van der Waals surface area (Å²) in [5, 5.41) is 3.46. The highest BCUT2D eigenvalue weighted by Gasteiger charge is 2.03. The summed E-state index contributed by atoms with van der Waals surface area (Å²) in [5.41, 5.74) is 2.28. The van der Waals surface area contributed by atoms with Crippen LogP contribution in [-0.4, -0.2) is 19.2 Å². The molecule has 1 N–H and O–H groups in total. The number of carbonyl (C=O) groups is 1. The van der Waals surface area contributed by atoms with Crippen molar-refractivity contribution in [3.05, 3.63) is 70.7 Å². The van der Waals surface area contributed by atoms with Crippen LogP contribution in [0.5, 0.6) is 0 Å². The van der Waals surface area contributed by atoms with E-state index in [2.05, 4.69) is 17.4 Å². The molecule has 0 saturated carbocycles. The van der Waals surface area contributed by atoms with Crippen molar-refractivity contribution in [1.29, 1.82) is 0 Å². The fourth-order valence-corrected chi connectivity index (χ4v) is 2.37. The Morgan fingerprint density at radius 2 is 1.73 bits per heavy atom. The van der Waals surface area contributed by atoms with Crippen molar-refractivity contribution >= 4 is 17.7 Å². The number of hydrogen-bond donors (Lipinski definition) is 1. The second-order valence-electron chi connectivity index (χ2n) is 4.99. The second kappa shape index (κ2) is 9.11. The van der Waals surface area contributed by atoms with Crippen molar-refractivity contribution in [2.24, 2.45) is 0 Å². The smallest absolute Gasteiger partial charge is 0.407 e. The second-order valence-corrected chi connectivity index (χ2v) is 5.40. The van der Waals surface area contributed by atoms with Crippen LogP contribution < -0.4 is 5.32 Å². The number of carbonyl (C=O) groups excluding carboxylic acids is 1. The highest BCUT2D eigenvalue weighted by atomic mass is 35.5. The van der Waals surface area contributed by atoms with E-state index in [1.54, 1.807) is 0 Å². The van der Waals surface area contributed by atoms with E-state index in [-0.39, 0.29) is 6.09 Å². The normalized spacial score (nSPS) is 10.2. The van der Waals surface area contributed by atoms with Crippen molar-refractivity contribution in [2.45, 2.75) is 19.3 Å². The topological polar surface area (TPSA) is 38.3 Å². The van der Waals surface area contributed by atoms with E-state index in [4.69, 9.17) is 16.3 Å². The van der Waals surface area contributed by atoms with Gasteiger partial charge in [-0.1, -0.05) is 60.1 Å². The van der Waals surface area contributed by atoms with Gasteiger partial charge in [0.25, 0.3) is 0 Å². The maximum atomic E-state index is 11.6. The molecule has 0 saturated heterocycles. The third-order valence-corrected chi connectivity index (χ3v) is 3.68. The van der Waals surface area contributed by atoms with Gasteiger partial charge in [-0.3, -0.25) is 0 Å². The van der Waals surface area contributed by atoms with Gasteiger partial charge in [0.1, 0.15) is 0 Å². The Hall–Kier alpha value is -2.00. The van der Waals surface area contributed by atoms with Crippen LogP contribution in [0.3, 0.4) is 0 Å². The molecular weight excluding hydrogens is 298 g/mol. The molecule has 3 nitrogen and oxygen atoms in total. The van der Waals surface area contributed by atoms with Gasteiger partial charge in [-0.25, -0.2) is 4.79 Å². The van der Waals surface area contributed by atoms with Crippen molar-refractivity contribution in [3.8, 4) is 0 Å². The first kappa shape index (κ1) is 16.4. The fourth-order valence-electron chi connectivity index (χ4n) is 2.14. The minimum absolute atomic E-state index is 0.375. The van der Waals surface area contributed by atoms with E-state index in [9.17, 15) is 4.79 Å². The molecule has 0 heterocycles. The molecule has 2 aromatic carbocycles. The Bertz CT molecular complexity index is 587. The number of nitrogens with one attached hydrogen (secondary N) is 1. The molecule has 0 radical (unpaired) electrons. The molecule has 0 aliphatic heterocycles. The zero-order chi connectivity index (χ0) is 15.6. The zero-order valence-corrected chi connectivity index (χ0v) is 13.2. The van der Waals surface area contributed by atoms with E-state index in [1.165, 1.54) is 5.56 Å². The highest BCUT2D eigenvalue weighted by molar-refractivity contribution is 6.31. The van der Waals surface area contributed by atoms with E-state index >= 15 is 0 Å². The lowest BCUT2D eigenvalue weighted by molar-refractivity contribution is 0.145. The van der Waals surface area contributed by atoms with Crippen LogP contribution in [0.25, 0.3) is 0 Å². The van der Waals surface area contributed by atoms with Crippen LogP contribution in [0.2, 0.25) is 5.02 Å². The standard InChI is InChI=1S/C18H20ClNO2/c19-17-11-5-4-10-16(17)12-13-20-18(21)22-14-6-9-15-7-2-1-3-8-15/h1-5,7-8,10-11H,6,9,12-14H2,(H,20,21). The van der Waals surface area contributed by atoms with E-state index in [0.29, 0.717) is 19.6 Å². The summed E-state index contributed by atoms with van der Waals surface area (Å²) in [4.78, 5) is 11.6. The van der Waals surface area contributed by atoms with Gasteiger partial charge in [0.2, 0.25) is 0 Å². The first-order valence-electron chi connectivity index (χ1n) is 7.43. The first-order valence-corrected chi connectivity index (χ1v) is 7.81. The van der Waals surface area contributed by atoms with Gasteiger partial charge in [-0.15, -0.1) is 0 Å². The number of hydrogen-bond acceptors (Lipinski definition) is 2. The Kier molecular flexibility index (Phi) is 6.78. The van der Waals surface area contributed by atoms with Gasteiger partial charge in [0.05, 0.1) is 6.61 Å². The average molecular weight is 318 g/mol. The molecule has 116 valence electrons. The maximum Gasteiger partial charge on any atom is 0.407 e. The lowest BCUT2D eigenvalue weighted by atomic mass is 10.1. The van der Waals surface area contributed by atoms with Gasteiger partial charge in [-0.2, -0.15) is 0 Å². The molecule has 1 amide bonds. The molecule has 0 bridgehead atoms. The van der Waals surface area contributed by atoms with Gasteiger partial charge < -0.3 is 10.1 Å². The average Bonchev–Trinajstić information content (AvgIpc) is 2.54. The third-order valence-electron chi connectivity index (χ3n) is 3.31. The predicted molar refractivity (Wildman–Crippen MR) is 89.3 cm³/mol. The monoisotopic (exact) mass is 317 g/mol. The molecule has 2 aromatic rings. The summed E-state index contributed by atoms with van der Waals surface area (Å²) in [6, 6.07) is 17.8. The van der Waals surface area contributed by atoms with Crippen molar-refractivity contribution in [2.75, 3.05) is 13.2 Å². The molecule has 0 atom stereocenters. The van der Waals surface area contributed by atoms with Crippen molar-refractivity contribution in [1.82, 2.24) is 5.32 Å². The molecular formula is C18H20ClNO2. The quantitative estimate of drug-likeness (QED) is 0.776. The minimum Gasteiger partial charge on any atom is -0.450 e. The Balaban J connectivity index is 1.57. The van der Waals surface area contributed by atoms with Crippen LogP contribution in [-0.2, 0) is 17.6 Å². The number of halogens is 1. The number of alkyl carbamates (subject to hydrolysis) is 1. The van der Waals surface area contributed by atoms with E-state index < -0.39 is 0 Å². The summed E-state index contributed by atoms with van der Waals surface area (Å²) >= 11 is 6.06. The predicted octanol–water partition coefficient (Wildman–Crippen LogP) is 4.24. The van der Waals surface area contributed by atoms with Crippen LogP contribution >= 0.6 is 11.6 Å². The van der Waals surface area contributed by atoms with Gasteiger partial charge in [0.15, 0.2) is 0 Å². The number of aryl methyl sites for hydroxylation is 1. The molecule has 0 aromatic heterocycles. The SMILES string of the molecule is O=C(NCCc1ccccc1Cl)OCCCc1ccccc1. The van der Waals surface area contributed by atoms with Gasteiger partial charge in [-0.05, 0) is 36.5 Å². The summed E-state index contributed by atoms with van der Waals surface area (Å²) in [7, 11) is 0. The first-order chi connectivity index (χ1) is 10.8. The van der Waals surface area contributed by atoms with Crippen molar-refractivity contribution in [3.63, 3.8) is 0 Å². The Morgan fingerprint density at radius 1 is 1.00 bits per heavy atom. The molecule has 4 heteroatoms. The van der Waals surface area contributed by atoms with Crippen LogP contribution in [0.1, 0.15) is 17.5 Å². The molecule has 0 aliphatic carbocycles. The lowest BCUT2D eigenvalue weighted by Crippen LogP contribution is -2.27. The summed E-state index contributed by atoms with van der Waals surface area (Å²) in [5.74, 6) is 0. The number of ether oxygens (including phenoxy) is 1. The molecule has 0 unspecified atom stereocenters. The van der Waals surface area contributed by atoms with Crippen LogP contribution in [0.4, 0.5) is 4.79 Å². The fraction of sp³-hybridized carbons (Fsp3) is 0.278. The van der Waals surface area contributed by atoms with Gasteiger partial charge in [0, 0.05) is 11.6 Å². The Morgan fingerprint density at radius 3 is 2.50 bits per heavy atom. The largest absolute Gasteiger partial charge is 0.450 e. The maximum absolute atomic E-state index is 11.6. The van der Waals surface area contributed by atoms with Crippen LogP contribution in [0, 0.1) is 0 Å². The summed E-state index contributed by atoms with van der Waals surface area (Å²) in [6.45, 7) is 0.939.